The van der Waals surface area contributed by atoms with Crippen molar-refractivity contribution < 1.29 is 28.3 Å². The lowest BCUT2D eigenvalue weighted by atomic mass is 9.77. The molecule has 1 aliphatic carbocycles. The molecule has 0 bridgehead atoms. The minimum Gasteiger partial charge on any atom is -0.493 e. The molecule has 2 aliphatic heterocycles. The zero-order valence-corrected chi connectivity index (χ0v) is 20.3. The fourth-order valence-electron chi connectivity index (χ4n) is 4.07. The van der Waals surface area contributed by atoms with Gasteiger partial charge in [0.15, 0.2) is 11.5 Å². The molecule has 1 aromatic heterocycles. The van der Waals surface area contributed by atoms with E-state index in [0.29, 0.717) is 38.0 Å². The first kappa shape index (κ1) is 24.1. The number of anilines is 1. The Kier molecular flexibility index (Phi) is 7.05. The smallest absolute Gasteiger partial charge is 0.493 e. The third kappa shape index (κ3) is 5.21. The summed E-state index contributed by atoms with van der Waals surface area (Å²) < 4.78 is 35.1. The third-order valence-corrected chi connectivity index (χ3v) is 6.86. The Balaban J connectivity index is 1.43. The fourth-order valence-corrected chi connectivity index (χ4v) is 4.07. The molecule has 2 fully saturated rings. The highest BCUT2D eigenvalue weighted by atomic mass is 16.7. The van der Waals surface area contributed by atoms with Gasteiger partial charge in [0.1, 0.15) is 5.82 Å². The molecule has 0 radical (unpaired) electrons. The summed E-state index contributed by atoms with van der Waals surface area (Å²) in [6, 6.07) is 2.03. The van der Waals surface area contributed by atoms with Crippen LogP contribution in [0.25, 0.3) is 0 Å². The van der Waals surface area contributed by atoms with Crippen molar-refractivity contribution in [2.75, 3.05) is 39.3 Å². The number of ether oxygens (including phenoxy) is 4. The van der Waals surface area contributed by atoms with Gasteiger partial charge in [-0.25, -0.2) is 4.98 Å². The molecular formula is C24H35BN2O6. The lowest BCUT2D eigenvalue weighted by molar-refractivity contribution is -0.0954. The van der Waals surface area contributed by atoms with Crippen LogP contribution in [0.15, 0.2) is 35.9 Å². The van der Waals surface area contributed by atoms with E-state index in [1.165, 1.54) is 0 Å². The molecule has 0 aromatic carbocycles. The molecule has 2 atom stereocenters. The van der Waals surface area contributed by atoms with Crippen molar-refractivity contribution in [1.82, 2.24) is 4.98 Å². The largest absolute Gasteiger partial charge is 0.498 e. The molecule has 9 heteroatoms. The van der Waals surface area contributed by atoms with Crippen molar-refractivity contribution >= 4 is 18.4 Å². The molecule has 3 heterocycles. The normalized spacial score (nSPS) is 26.5. The summed E-state index contributed by atoms with van der Waals surface area (Å²) in [7, 11) is 1.10. The van der Waals surface area contributed by atoms with Gasteiger partial charge in [0.2, 0.25) is 0 Å². The van der Waals surface area contributed by atoms with Gasteiger partial charge < -0.3 is 34.0 Å². The molecule has 180 valence electrons. The highest BCUT2D eigenvalue weighted by Gasteiger charge is 2.52. The van der Waals surface area contributed by atoms with Crippen molar-refractivity contribution in [2.24, 2.45) is 0 Å². The van der Waals surface area contributed by atoms with Gasteiger partial charge in [0, 0.05) is 24.0 Å². The first-order valence-electron chi connectivity index (χ1n) is 11.6. The molecule has 2 N–H and O–H groups in total. The number of nitrogen functional groups attached to an aromatic ring is 1. The van der Waals surface area contributed by atoms with E-state index in [-0.39, 0.29) is 12.0 Å². The van der Waals surface area contributed by atoms with E-state index < -0.39 is 18.3 Å². The van der Waals surface area contributed by atoms with Gasteiger partial charge in [0.05, 0.1) is 50.8 Å². The van der Waals surface area contributed by atoms with Crippen LogP contribution in [0.4, 0.5) is 5.82 Å². The number of hydrogen-bond acceptors (Lipinski definition) is 8. The van der Waals surface area contributed by atoms with E-state index in [9.17, 15) is 0 Å². The zero-order valence-electron chi connectivity index (χ0n) is 20.3. The minimum atomic E-state index is -0.558. The van der Waals surface area contributed by atoms with Gasteiger partial charge in [-0.3, -0.25) is 0 Å². The van der Waals surface area contributed by atoms with Gasteiger partial charge in [0.25, 0.3) is 0 Å². The average Bonchev–Trinajstić information content (AvgIpc) is 3.01. The van der Waals surface area contributed by atoms with Gasteiger partial charge in [-0.15, -0.1) is 0 Å². The quantitative estimate of drug-likeness (QED) is 0.624. The Morgan fingerprint density at radius 3 is 2.58 bits per heavy atom. The van der Waals surface area contributed by atoms with E-state index in [0.717, 1.165) is 29.6 Å². The van der Waals surface area contributed by atoms with Crippen LogP contribution >= 0.6 is 0 Å². The second kappa shape index (κ2) is 9.66. The maximum atomic E-state index is 6.21. The summed E-state index contributed by atoms with van der Waals surface area (Å²) >= 11 is 0. The highest BCUT2D eigenvalue weighted by molar-refractivity contribution is 6.63. The van der Waals surface area contributed by atoms with Gasteiger partial charge in [-0.05, 0) is 51.8 Å². The number of allylic oxidation sites excluding steroid dienone is 2. The van der Waals surface area contributed by atoms with Crippen LogP contribution in [-0.4, -0.2) is 62.9 Å². The standard InChI is InChI=1S/C24H35BN2O6/c1-23(2)24(3,4)33-25(32-23)19-12-17(14-27-22(19)26)16-6-7-20(21(13-16)28-5)31-9-8-18-15-29-10-11-30-18/h7,12-14,16,18H,6,8-11,15H2,1-5H3,(H2,26,27). The summed E-state index contributed by atoms with van der Waals surface area (Å²) in [5, 5.41) is 0. The summed E-state index contributed by atoms with van der Waals surface area (Å²) in [5.74, 6) is 1.95. The van der Waals surface area contributed by atoms with E-state index in [1.807, 2.05) is 33.8 Å². The molecule has 0 amide bonds. The number of hydrogen-bond donors (Lipinski definition) is 1. The Hall–Kier alpha value is -2.07. The fraction of sp³-hybridized carbons (Fsp3) is 0.625. The van der Waals surface area contributed by atoms with Gasteiger partial charge in [-0.1, -0.05) is 6.07 Å². The number of rotatable bonds is 7. The maximum Gasteiger partial charge on any atom is 0.498 e. The molecular weight excluding hydrogens is 423 g/mol. The number of nitrogens with two attached hydrogens (primary N) is 1. The second-order valence-electron chi connectivity index (χ2n) is 9.68. The van der Waals surface area contributed by atoms with Crippen molar-refractivity contribution in [3.63, 3.8) is 0 Å². The van der Waals surface area contributed by atoms with Crippen LogP contribution in [-0.2, 0) is 28.3 Å². The summed E-state index contributed by atoms with van der Waals surface area (Å²) in [6.45, 7) is 10.6. The Labute approximate surface area is 196 Å². The van der Waals surface area contributed by atoms with Gasteiger partial charge in [-0.2, -0.15) is 0 Å². The van der Waals surface area contributed by atoms with E-state index in [1.54, 1.807) is 13.3 Å². The van der Waals surface area contributed by atoms with Gasteiger partial charge >= 0.3 is 7.12 Å². The Morgan fingerprint density at radius 1 is 1.15 bits per heavy atom. The number of pyridine rings is 1. The van der Waals surface area contributed by atoms with E-state index in [2.05, 4.69) is 17.1 Å². The molecule has 4 rings (SSSR count). The van der Waals surface area contributed by atoms with E-state index >= 15 is 0 Å². The second-order valence-corrected chi connectivity index (χ2v) is 9.68. The van der Waals surface area contributed by atoms with Crippen molar-refractivity contribution in [3.05, 3.63) is 41.5 Å². The molecule has 3 aliphatic rings. The molecule has 2 saturated heterocycles. The topological polar surface area (TPSA) is 94.3 Å². The Morgan fingerprint density at radius 2 is 1.91 bits per heavy atom. The average molecular weight is 458 g/mol. The first-order chi connectivity index (χ1) is 15.7. The zero-order chi connectivity index (χ0) is 23.6. The van der Waals surface area contributed by atoms with Crippen LogP contribution < -0.4 is 11.2 Å². The number of methoxy groups -OCH3 is 1. The predicted octanol–water partition coefficient (Wildman–Crippen LogP) is 2.69. The summed E-state index contributed by atoms with van der Waals surface area (Å²) in [6.07, 6.45) is 7.55. The van der Waals surface area contributed by atoms with Crippen LogP contribution in [0.5, 0.6) is 0 Å². The van der Waals surface area contributed by atoms with Crippen LogP contribution in [0.3, 0.4) is 0 Å². The lowest BCUT2D eigenvalue weighted by Gasteiger charge is -2.32. The maximum absolute atomic E-state index is 6.21. The van der Waals surface area contributed by atoms with Crippen molar-refractivity contribution in [3.8, 4) is 0 Å². The molecule has 0 spiro atoms. The monoisotopic (exact) mass is 458 g/mol. The molecule has 8 nitrogen and oxygen atoms in total. The predicted molar refractivity (Wildman–Crippen MR) is 126 cm³/mol. The molecule has 1 aromatic rings. The number of aromatic nitrogens is 1. The van der Waals surface area contributed by atoms with Crippen molar-refractivity contribution in [1.29, 1.82) is 0 Å². The van der Waals surface area contributed by atoms with Crippen LogP contribution in [0, 0.1) is 0 Å². The van der Waals surface area contributed by atoms with Crippen LogP contribution in [0.1, 0.15) is 52.0 Å². The Bertz CT molecular complexity index is 894. The third-order valence-electron chi connectivity index (χ3n) is 6.86. The minimum absolute atomic E-state index is 0.0802. The van der Waals surface area contributed by atoms with Crippen molar-refractivity contribution in [2.45, 2.75) is 63.8 Å². The highest BCUT2D eigenvalue weighted by Crippen LogP contribution is 2.37. The molecule has 0 saturated carbocycles. The first-order valence-corrected chi connectivity index (χ1v) is 11.6. The lowest BCUT2D eigenvalue weighted by Crippen LogP contribution is -2.41. The summed E-state index contributed by atoms with van der Waals surface area (Å²) in [4.78, 5) is 4.44. The SMILES string of the molecule is COC1=CC(c2cnc(N)c(B3OC(C)(C)C(C)(C)O3)c2)CC=C1OCCC1COCCO1. The van der Waals surface area contributed by atoms with Crippen LogP contribution in [0.2, 0.25) is 0 Å². The molecule has 33 heavy (non-hydrogen) atoms. The van der Waals surface area contributed by atoms with E-state index in [4.69, 9.17) is 34.0 Å². The summed E-state index contributed by atoms with van der Waals surface area (Å²) in [5.41, 5.74) is 7.08. The molecule has 2 unspecified atom stereocenters. The number of nitrogens with zero attached hydrogens (tertiary/aromatic N) is 1.